The topological polar surface area (TPSA) is 56.2 Å². The molecule has 0 aromatic carbocycles. The first-order chi connectivity index (χ1) is 9.37. The van der Waals surface area contributed by atoms with Crippen LogP contribution in [0.15, 0.2) is 12.3 Å². The van der Waals surface area contributed by atoms with Crippen molar-refractivity contribution in [3.8, 4) is 0 Å². The van der Waals surface area contributed by atoms with Gasteiger partial charge >= 0.3 is 0 Å². The van der Waals surface area contributed by atoms with Crippen molar-refractivity contribution in [2.24, 2.45) is 5.92 Å². The number of carbonyl (C=O) groups is 1. The molecule has 0 spiro atoms. The average molecular weight is 279 g/mol. The minimum atomic E-state index is -0.0892. The molecule has 1 aliphatic rings. The molecule has 1 unspecified atom stereocenters. The lowest BCUT2D eigenvalue weighted by atomic mass is 9.88. The molecule has 5 heteroatoms. The van der Waals surface area contributed by atoms with Crippen LogP contribution in [-0.4, -0.2) is 34.4 Å². The Morgan fingerprint density at radius 1 is 1.60 bits per heavy atom. The third kappa shape index (κ3) is 3.82. The minimum Gasteiger partial charge on any atom is -0.376 e. The predicted molar refractivity (Wildman–Crippen MR) is 77.7 cm³/mol. The summed E-state index contributed by atoms with van der Waals surface area (Å²) in [4.78, 5) is 12.1. The first-order valence-corrected chi connectivity index (χ1v) is 7.35. The van der Waals surface area contributed by atoms with Crippen LogP contribution in [0.4, 0.5) is 0 Å². The molecule has 1 aromatic rings. The quantitative estimate of drug-likeness (QED) is 0.920. The molecular formula is C15H25N3O2. The number of nitrogens with one attached hydrogen (secondary N) is 1. The van der Waals surface area contributed by atoms with Gasteiger partial charge in [0, 0.05) is 25.4 Å². The van der Waals surface area contributed by atoms with E-state index in [9.17, 15) is 4.79 Å². The van der Waals surface area contributed by atoms with Gasteiger partial charge in [-0.3, -0.25) is 9.48 Å². The number of aromatic nitrogens is 2. The van der Waals surface area contributed by atoms with Gasteiger partial charge in [-0.05, 0) is 52.5 Å². The Morgan fingerprint density at radius 2 is 2.35 bits per heavy atom. The van der Waals surface area contributed by atoms with Gasteiger partial charge < -0.3 is 10.1 Å². The molecule has 1 amide bonds. The van der Waals surface area contributed by atoms with Gasteiger partial charge in [0.25, 0.3) is 5.91 Å². The minimum absolute atomic E-state index is 0.0765. The summed E-state index contributed by atoms with van der Waals surface area (Å²) in [5.74, 6) is 0.392. The maximum Gasteiger partial charge on any atom is 0.271 e. The second-order valence-corrected chi connectivity index (χ2v) is 6.45. The summed E-state index contributed by atoms with van der Waals surface area (Å²) in [6, 6.07) is 2.04. The van der Waals surface area contributed by atoms with Crippen LogP contribution in [0.5, 0.6) is 0 Å². The van der Waals surface area contributed by atoms with Crippen LogP contribution in [0.3, 0.4) is 0 Å². The second kappa shape index (κ2) is 5.95. The molecule has 2 heterocycles. The summed E-state index contributed by atoms with van der Waals surface area (Å²) in [5.41, 5.74) is 0.414. The van der Waals surface area contributed by atoms with E-state index in [1.807, 2.05) is 20.0 Å². The molecule has 1 aliphatic heterocycles. The summed E-state index contributed by atoms with van der Waals surface area (Å²) >= 11 is 0. The molecule has 5 nitrogen and oxygen atoms in total. The summed E-state index contributed by atoms with van der Waals surface area (Å²) in [7, 11) is 0. The van der Waals surface area contributed by atoms with E-state index < -0.39 is 0 Å². The molecule has 1 saturated heterocycles. The number of amides is 1. The third-order valence-electron chi connectivity index (χ3n) is 3.72. The highest BCUT2D eigenvalue weighted by atomic mass is 16.5. The molecule has 0 saturated carbocycles. The van der Waals surface area contributed by atoms with Crippen molar-refractivity contribution in [1.29, 1.82) is 0 Å². The van der Waals surface area contributed by atoms with Gasteiger partial charge in [-0.25, -0.2) is 0 Å². The van der Waals surface area contributed by atoms with E-state index in [0.717, 1.165) is 19.4 Å². The summed E-state index contributed by atoms with van der Waals surface area (Å²) in [6.07, 6.45) is 3.83. The van der Waals surface area contributed by atoms with Gasteiger partial charge in [0.05, 0.1) is 5.60 Å². The number of nitrogens with zero attached hydrogens (tertiary/aromatic N) is 2. The lowest BCUT2D eigenvalue weighted by Gasteiger charge is -2.35. The van der Waals surface area contributed by atoms with Crippen molar-refractivity contribution in [2.75, 3.05) is 13.2 Å². The van der Waals surface area contributed by atoms with Crippen LogP contribution in [0, 0.1) is 5.92 Å². The van der Waals surface area contributed by atoms with Gasteiger partial charge in [0.2, 0.25) is 0 Å². The van der Waals surface area contributed by atoms with Gasteiger partial charge in [0.15, 0.2) is 0 Å². The molecule has 1 fully saturated rings. The Labute approximate surface area is 120 Å². The first kappa shape index (κ1) is 15.0. The van der Waals surface area contributed by atoms with Crippen molar-refractivity contribution in [3.05, 3.63) is 18.0 Å². The van der Waals surface area contributed by atoms with Crippen LogP contribution in [-0.2, 0) is 4.74 Å². The van der Waals surface area contributed by atoms with Crippen molar-refractivity contribution >= 4 is 5.91 Å². The number of ether oxygens (including phenoxy) is 1. The molecule has 0 radical (unpaired) electrons. The van der Waals surface area contributed by atoms with E-state index in [1.165, 1.54) is 0 Å². The Bertz CT molecular complexity index is 465. The van der Waals surface area contributed by atoms with Crippen molar-refractivity contribution in [3.63, 3.8) is 0 Å². The monoisotopic (exact) mass is 279 g/mol. The number of carbonyl (C=O) groups excluding carboxylic acids is 1. The van der Waals surface area contributed by atoms with Crippen LogP contribution in [0.1, 0.15) is 57.1 Å². The normalized spacial score (nSPS) is 21.9. The molecule has 1 N–H and O–H groups in total. The van der Waals surface area contributed by atoms with Gasteiger partial charge in [-0.2, -0.15) is 5.10 Å². The Kier molecular flexibility index (Phi) is 4.48. The summed E-state index contributed by atoms with van der Waals surface area (Å²) in [5, 5.41) is 7.27. The Hall–Kier alpha value is -1.36. The van der Waals surface area contributed by atoms with Crippen LogP contribution < -0.4 is 5.32 Å². The molecule has 112 valence electrons. The highest BCUT2D eigenvalue weighted by Crippen LogP contribution is 2.27. The summed E-state index contributed by atoms with van der Waals surface area (Å²) < 4.78 is 7.49. The fourth-order valence-corrected chi connectivity index (χ4v) is 2.61. The number of rotatable bonds is 4. The lowest BCUT2D eigenvalue weighted by molar-refractivity contribution is -0.0715. The molecule has 0 bridgehead atoms. The van der Waals surface area contributed by atoms with Gasteiger partial charge in [-0.15, -0.1) is 0 Å². The summed E-state index contributed by atoms with van der Waals surface area (Å²) in [6.45, 7) is 9.75. The molecule has 1 atom stereocenters. The highest BCUT2D eigenvalue weighted by molar-refractivity contribution is 5.92. The van der Waals surface area contributed by atoms with E-state index in [2.05, 4.69) is 24.3 Å². The van der Waals surface area contributed by atoms with Crippen LogP contribution in [0.2, 0.25) is 0 Å². The van der Waals surface area contributed by atoms with Crippen LogP contribution >= 0.6 is 0 Å². The highest BCUT2D eigenvalue weighted by Gasteiger charge is 2.29. The van der Waals surface area contributed by atoms with E-state index in [0.29, 0.717) is 18.2 Å². The van der Waals surface area contributed by atoms with E-state index in [-0.39, 0.29) is 17.6 Å². The standard InChI is InChI=1S/C15H25N3O2/c1-11(2)18-7-5-13(17-18)14(19)16-10-12-6-8-20-15(3,4)9-12/h5,7,11-12H,6,8-10H2,1-4H3,(H,16,19). The second-order valence-electron chi connectivity index (χ2n) is 6.45. The zero-order valence-corrected chi connectivity index (χ0v) is 12.8. The lowest BCUT2D eigenvalue weighted by Crippen LogP contribution is -2.39. The molecular weight excluding hydrogens is 254 g/mol. The van der Waals surface area contributed by atoms with Gasteiger partial charge in [-0.1, -0.05) is 0 Å². The first-order valence-electron chi connectivity index (χ1n) is 7.35. The van der Waals surface area contributed by atoms with E-state index in [1.54, 1.807) is 10.7 Å². The maximum atomic E-state index is 12.1. The number of hydrogen-bond donors (Lipinski definition) is 1. The fourth-order valence-electron chi connectivity index (χ4n) is 2.61. The zero-order valence-electron chi connectivity index (χ0n) is 12.8. The van der Waals surface area contributed by atoms with E-state index >= 15 is 0 Å². The Balaban J connectivity index is 1.85. The molecule has 20 heavy (non-hydrogen) atoms. The van der Waals surface area contributed by atoms with Crippen molar-refractivity contribution in [2.45, 2.75) is 52.2 Å². The smallest absolute Gasteiger partial charge is 0.271 e. The average Bonchev–Trinajstić information content (AvgIpc) is 2.84. The van der Waals surface area contributed by atoms with Crippen LogP contribution in [0.25, 0.3) is 0 Å². The maximum absolute atomic E-state index is 12.1. The molecule has 1 aromatic heterocycles. The van der Waals surface area contributed by atoms with Crippen molar-refractivity contribution in [1.82, 2.24) is 15.1 Å². The Morgan fingerprint density at radius 3 is 2.95 bits per heavy atom. The van der Waals surface area contributed by atoms with E-state index in [4.69, 9.17) is 4.74 Å². The van der Waals surface area contributed by atoms with Crippen molar-refractivity contribution < 1.29 is 9.53 Å². The molecule has 0 aliphatic carbocycles. The number of hydrogen-bond acceptors (Lipinski definition) is 3. The predicted octanol–water partition coefficient (Wildman–Crippen LogP) is 2.40. The SMILES string of the molecule is CC(C)n1ccc(C(=O)NCC2CCOC(C)(C)C2)n1. The zero-order chi connectivity index (χ0) is 14.8. The molecule has 2 rings (SSSR count). The fraction of sp³-hybridized carbons (Fsp3) is 0.733. The third-order valence-corrected chi connectivity index (χ3v) is 3.72. The van der Waals surface area contributed by atoms with Gasteiger partial charge in [0.1, 0.15) is 5.69 Å². The largest absolute Gasteiger partial charge is 0.376 e.